The van der Waals surface area contributed by atoms with E-state index in [-0.39, 0.29) is 18.3 Å². The number of hydrogen-bond donors (Lipinski definition) is 1. The molecule has 2 heterocycles. The van der Waals surface area contributed by atoms with E-state index in [1.165, 1.54) is 6.07 Å². The van der Waals surface area contributed by atoms with Crippen LogP contribution in [0.15, 0.2) is 42.5 Å². The number of halogens is 4. The molecular formula is C23H26ClF3N2O3. The van der Waals surface area contributed by atoms with E-state index in [9.17, 15) is 18.0 Å². The van der Waals surface area contributed by atoms with Crippen molar-refractivity contribution in [1.29, 1.82) is 0 Å². The monoisotopic (exact) mass is 470 g/mol. The van der Waals surface area contributed by atoms with Crippen molar-refractivity contribution in [2.24, 2.45) is 0 Å². The zero-order chi connectivity index (χ0) is 21.8. The van der Waals surface area contributed by atoms with Gasteiger partial charge in [0.1, 0.15) is 0 Å². The number of amides is 1. The lowest BCUT2D eigenvalue weighted by Crippen LogP contribution is -2.36. The topological polar surface area (TPSA) is 50.8 Å². The Labute approximate surface area is 191 Å². The second kappa shape index (κ2) is 10.4. The first-order valence-corrected chi connectivity index (χ1v) is 10.5. The van der Waals surface area contributed by atoms with E-state index in [4.69, 9.17) is 9.47 Å². The summed E-state index contributed by atoms with van der Waals surface area (Å²) in [5, 5.41) is 3.35. The molecule has 4 rings (SSSR count). The zero-order valence-electron chi connectivity index (χ0n) is 17.5. The van der Waals surface area contributed by atoms with Gasteiger partial charge >= 0.3 is 6.18 Å². The number of fused-ring (bicyclic) bond motifs is 1. The van der Waals surface area contributed by atoms with Crippen LogP contribution in [0.25, 0.3) is 0 Å². The highest BCUT2D eigenvalue weighted by molar-refractivity contribution is 5.85. The number of carbonyl (C=O) groups is 1. The van der Waals surface area contributed by atoms with Crippen LogP contribution in [0, 0.1) is 0 Å². The Hall–Kier alpha value is -2.45. The number of alkyl halides is 3. The van der Waals surface area contributed by atoms with Crippen molar-refractivity contribution < 1.29 is 27.4 Å². The predicted molar refractivity (Wildman–Crippen MR) is 116 cm³/mol. The molecule has 1 amide bonds. The number of ether oxygens (including phenoxy) is 2. The molecule has 2 aromatic carbocycles. The highest BCUT2D eigenvalue weighted by atomic mass is 35.5. The summed E-state index contributed by atoms with van der Waals surface area (Å²) >= 11 is 0. The molecule has 5 nitrogen and oxygen atoms in total. The molecule has 1 atom stereocenters. The van der Waals surface area contributed by atoms with Gasteiger partial charge in [-0.05, 0) is 30.2 Å². The third-order valence-electron chi connectivity index (χ3n) is 5.58. The first-order chi connectivity index (χ1) is 14.9. The third kappa shape index (κ3) is 5.66. The van der Waals surface area contributed by atoms with Gasteiger partial charge in [-0.25, -0.2) is 0 Å². The van der Waals surface area contributed by atoms with Gasteiger partial charge in [0, 0.05) is 38.0 Å². The summed E-state index contributed by atoms with van der Waals surface area (Å²) in [6.07, 6.45) is -2.39. The Balaban J connectivity index is 0.00000289. The Morgan fingerprint density at radius 3 is 2.59 bits per heavy atom. The average molecular weight is 471 g/mol. The molecule has 2 aliphatic heterocycles. The lowest BCUT2D eigenvalue weighted by atomic mass is 10.0. The maximum atomic E-state index is 13.3. The van der Waals surface area contributed by atoms with Crippen LogP contribution in [0.5, 0.6) is 11.5 Å². The molecule has 1 fully saturated rings. The number of benzene rings is 2. The summed E-state index contributed by atoms with van der Waals surface area (Å²) in [6, 6.07) is 10.5. The van der Waals surface area contributed by atoms with E-state index in [1.54, 1.807) is 11.0 Å². The van der Waals surface area contributed by atoms with Gasteiger partial charge in [0.2, 0.25) is 5.91 Å². The minimum Gasteiger partial charge on any atom is -0.490 e. The molecule has 1 N–H and O–H groups in total. The molecule has 0 aromatic heterocycles. The van der Waals surface area contributed by atoms with Crippen LogP contribution in [0.1, 0.15) is 42.0 Å². The molecule has 0 aliphatic carbocycles. The van der Waals surface area contributed by atoms with Crippen molar-refractivity contribution in [1.82, 2.24) is 10.2 Å². The summed E-state index contributed by atoms with van der Waals surface area (Å²) < 4.78 is 51.4. The van der Waals surface area contributed by atoms with Crippen LogP contribution in [-0.2, 0) is 17.5 Å². The van der Waals surface area contributed by atoms with Gasteiger partial charge in [0.05, 0.1) is 24.8 Å². The largest absolute Gasteiger partial charge is 0.490 e. The van der Waals surface area contributed by atoms with Gasteiger partial charge in [-0.1, -0.05) is 24.3 Å². The second-order valence-corrected chi connectivity index (χ2v) is 7.79. The maximum absolute atomic E-state index is 13.3. The smallest absolute Gasteiger partial charge is 0.416 e. The van der Waals surface area contributed by atoms with Crippen LogP contribution < -0.4 is 14.8 Å². The van der Waals surface area contributed by atoms with Crippen LogP contribution in [0.4, 0.5) is 13.2 Å². The zero-order valence-corrected chi connectivity index (χ0v) is 18.3. The fourth-order valence-corrected chi connectivity index (χ4v) is 3.96. The average Bonchev–Trinajstić information content (AvgIpc) is 3.00. The first kappa shape index (κ1) is 24.2. The SMILES string of the molecule is Cl.O=C1CCCN1CC(NCc1cccc2c1OCCCO2)c1cccc(C(F)(F)F)c1. The lowest BCUT2D eigenvalue weighted by Gasteiger charge is -2.26. The van der Waals surface area contributed by atoms with Crippen molar-refractivity contribution >= 4 is 18.3 Å². The van der Waals surface area contributed by atoms with E-state index in [0.717, 1.165) is 30.5 Å². The number of rotatable bonds is 6. The van der Waals surface area contributed by atoms with Crippen LogP contribution in [0.3, 0.4) is 0 Å². The fraction of sp³-hybridized carbons (Fsp3) is 0.435. The Morgan fingerprint density at radius 2 is 1.84 bits per heavy atom. The number of carbonyl (C=O) groups excluding carboxylic acids is 1. The first-order valence-electron chi connectivity index (χ1n) is 10.5. The molecule has 2 aliphatic rings. The van der Waals surface area contributed by atoms with E-state index in [0.29, 0.717) is 56.3 Å². The molecule has 0 spiro atoms. The maximum Gasteiger partial charge on any atom is 0.416 e. The fourth-order valence-electron chi connectivity index (χ4n) is 3.96. The van der Waals surface area contributed by atoms with Crippen molar-refractivity contribution in [2.45, 2.75) is 38.0 Å². The molecule has 0 radical (unpaired) electrons. The molecule has 0 bridgehead atoms. The molecule has 2 aromatic rings. The molecule has 174 valence electrons. The second-order valence-electron chi connectivity index (χ2n) is 7.79. The Kier molecular flexibility index (Phi) is 7.90. The number of para-hydroxylation sites is 1. The van der Waals surface area contributed by atoms with Crippen molar-refractivity contribution in [3.8, 4) is 11.5 Å². The third-order valence-corrected chi connectivity index (χ3v) is 5.58. The standard InChI is InChI=1S/C23H25F3N2O3.ClH/c24-23(25,26)18-7-1-5-16(13-18)19(15-28-10-3-9-21(28)29)27-14-17-6-2-8-20-22(17)31-12-4-11-30-20;/h1-2,5-8,13,19,27H,3-4,9-12,14-15H2;1H. The lowest BCUT2D eigenvalue weighted by molar-refractivity contribution is -0.137. The highest BCUT2D eigenvalue weighted by Crippen LogP contribution is 2.34. The minimum atomic E-state index is -4.42. The molecule has 0 saturated carbocycles. The summed E-state index contributed by atoms with van der Waals surface area (Å²) in [7, 11) is 0. The molecule has 32 heavy (non-hydrogen) atoms. The van der Waals surface area contributed by atoms with E-state index >= 15 is 0 Å². The Morgan fingerprint density at radius 1 is 1.06 bits per heavy atom. The number of nitrogens with zero attached hydrogens (tertiary/aromatic N) is 1. The molecule has 1 unspecified atom stereocenters. The van der Waals surface area contributed by atoms with Gasteiger partial charge in [-0.15, -0.1) is 12.4 Å². The molecular weight excluding hydrogens is 445 g/mol. The van der Waals surface area contributed by atoms with E-state index < -0.39 is 17.8 Å². The molecule has 1 saturated heterocycles. The van der Waals surface area contributed by atoms with Crippen LogP contribution in [0.2, 0.25) is 0 Å². The molecule has 9 heteroatoms. The van der Waals surface area contributed by atoms with Gasteiger partial charge in [0.15, 0.2) is 11.5 Å². The van der Waals surface area contributed by atoms with Crippen molar-refractivity contribution in [3.05, 3.63) is 59.2 Å². The van der Waals surface area contributed by atoms with Crippen LogP contribution >= 0.6 is 12.4 Å². The quantitative estimate of drug-likeness (QED) is 0.662. The normalized spacial score (nSPS) is 17.0. The van der Waals surface area contributed by atoms with E-state index in [2.05, 4.69) is 5.32 Å². The summed E-state index contributed by atoms with van der Waals surface area (Å²) in [6.45, 7) is 2.42. The number of hydrogen-bond acceptors (Lipinski definition) is 4. The summed E-state index contributed by atoms with van der Waals surface area (Å²) in [5.74, 6) is 1.36. The number of nitrogens with one attached hydrogen (secondary N) is 1. The van der Waals surface area contributed by atoms with Crippen molar-refractivity contribution in [2.75, 3.05) is 26.3 Å². The summed E-state index contributed by atoms with van der Waals surface area (Å²) in [4.78, 5) is 13.9. The number of likely N-dealkylation sites (tertiary alicyclic amines) is 1. The Bertz CT molecular complexity index is 939. The predicted octanol–water partition coefficient (Wildman–Crippen LogP) is 4.74. The summed E-state index contributed by atoms with van der Waals surface area (Å²) in [5.41, 5.74) is 0.660. The van der Waals surface area contributed by atoms with E-state index in [1.807, 2.05) is 18.2 Å². The minimum absolute atomic E-state index is 0. The van der Waals surface area contributed by atoms with Crippen molar-refractivity contribution in [3.63, 3.8) is 0 Å². The van der Waals surface area contributed by atoms with Gasteiger partial charge in [-0.2, -0.15) is 13.2 Å². The van der Waals surface area contributed by atoms with Crippen LogP contribution in [-0.4, -0.2) is 37.1 Å². The van der Waals surface area contributed by atoms with Gasteiger partial charge in [-0.3, -0.25) is 4.79 Å². The van der Waals surface area contributed by atoms with Gasteiger partial charge < -0.3 is 19.7 Å². The van der Waals surface area contributed by atoms with Gasteiger partial charge in [0.25, 0.3) is 0 Å². The highest BCUT2D eigenvalue weighted by Gasteiger charge is 2.32.